The van der Waals surface area contributed by atoms with Gasteiger partial charge in [-0.1, -0.05) is 29.8 Å². The first-order chi connectivity index (χ1) is 8.58. The number of hydrogen-bond donors (Lipinski definition) is 0. The zero-order valence-electron chi connectivity index (χ0n) is 10.4. The van der Waals surface area contributed by atoms with Crippen LogP contribution in [0.4, 0.5) is 8.78 Å². The number of rotatable bonds is 2. The van der Waals surface area contributed by atoms with E-state index in [1.165, 1.54) is 24.3 Å². The fraction of sp³-hybridized carbons (Fsp3) is 0.125. The van der Waals surface area contributed by atoms with Crippen molar-refractivity contribution in [3.8, 4) is 0 Å². The molecule has 92 valence electrons. The van der Waals surface area contributed by atoms with Crippen LogP contribution in [-0.2, 0) is 0 Å². The molecule has 2 aromatic rings. The molecule has 0 nitrogen and oxygen atoms in total. The molecule has 0 aliphatic carbocycles. The topological polar surface area (TPSA) is 0 Å². The monoisotopic (exact) mass is 244 g/mol. The summed E-state index contributed by atoms with van der Waals surface area (Å²) in [6.45, 7) is 3.87. The quantitative estimate of drug-likeness (QED) is 0.711. The van der Waals surface area contributed by atoms with E-state index in [2.05, 4.69) is 0 Å². The van der Waals surface area contributed by atoms with Crippen LogP contribution < -0.4 is 0 Å². The van der Waals surface area contributed by atoms with E-state index < -0.39 is 0 Å². The van der Waals surface area contributed by atoms with Gasteiger partial charge in [-0.3, -0.25) is 0 Å². The molecular weight excluding hydrogens is 230 g/mol. The highest BCUT2D eigenvalue weighted by molar-refractivity contribution is 5.81. The molecule has 2 aromatic carbocycles. The maximum absolute atomic E-state index is 13.3. The van der Waals surface area contributed by atoms with E-state index in [1.807, 2.05) is 26.0 Å². The molecule has 0 aromatic heterocycles. The molecule has 0 aliphatic rings. The molecule has 2 heteroatoms. The van der Waals surface area contributed by atoms with Gasteiger partial charge in [0.25, 0.3) is 0 Å². The molecule has 0 bridgehead atoms. The van der Waals surface area contributed by atoms with Gasteiger partial charge in [0.2, 0.25) is 0 Å². The van der Waals surface area contributed by atoms with Crippen LogP contribution in [0.5, 0.6) is 0 Å². The highest BCUT2D eigenvalue weighted by Gasteiger charge is 2.08. The van der Waals surface area contributed by atoms with Gasteiger partial charge < -0.3 is 0 Å². The third kappa shape index (κ3) is 2.65. The lowest BCUT2D eigenvalue weighted by Gasteiger charge is -2.11. The van der Waals surface area contributed by atoms with Crippen LogP contribution in [0.15, 0.2) is 54.1 Å². The Kier molecular flexibility index (Phi) is 3.56. The molecule has 0 atom stereocenters. The zero-order valence-corrected chi connectivity index (χ0v) is 10.4. The molecule has 0 saturated heterocycles. The largest absolute Gasteiger partial charge is 0.207 e. The van der Waals surface area contributed by atoms with Crippen molar-refractivity contribution < 1.29 is 8.78 Å². The molecule has 0 saturated carbocycles. The summed E-state index contributed by atoms with van der Waals surface area (Å²) in [6.07, 6.45) is 0. The van der Waals surface area contributed by atoms with Crippen LogP contribution in [0.25, 0.3) is 5.57 Å². The Morgan fingerprint density at radius 1 is 0.778 bits per heavy atom. The molecule has 0 amide bonds. The molecule has 0 spiro atoms. The molecule has 0 radical (unpaired) electrons. The summed E-state index contributed by atoms with van der Waals surface area (Å²) in [7, 11) is 0. The van der Waals surface area contributed by atoms with Crippen molar-refractivity contribution in [3.05, 3.63) is 76.9 Å². The predicted molar refractivity (Wildman–Crippen MR) is 70.2 cm³/mol. The summed E-state index contributed by atoms with van der Waals surface area (Å²) >= 11 is 0. The van der Waals surface area contributed by atoms with Gasteiger partial charge in [-0.2, -0.15) is 0 Å². The molecular formula is C16H14F2. The van der Waals surface area contributed by atoms with Gasteiger partial charge in [0.05, 0.1) is 0 Å². The van der Waals surface area contributed by atoms with E-state index >= 15 is 0 Å². The molecule has 0 aliphatic heterocycles. The van der Waals surface area contributed by atoms with Gasteiger partial charge in [0, 0.05) is 0 Å². The second-order valence-electron chi connectivity index (χ2n) is 4.40. The number of allylic oxidation sites excluding steroid dienone is 1. The standard InChI is InChI=1S/C16H14F2/c1-11(2)16(12-5-3-7-14(17)9-12)13-6-4-8-15(18)10-13/h3-10H,1-2H3. The van der Waals surface area contributed by atoms with Crippen molar-refractivity contribution in [1.29, 1.82) is 0 Å². The Morgan fingerprint density at radius 3 is 1.56 bits per heavy atom. The van der Waals surface area contributed by atoms with Crippen LogP contribution in [-0.4, -0.2) is 0 Å². The molecule has 0 N–H and O–H groups in total. The molecule has 0 heterocycles. The van der Waals surface area contributed by atoms with Crippen molar-refractivity contribution in [1.82, 2.24) is 0 Å². The van der Waals surface area contributed by atoms with E-state index in [4.69, 9.17) is 0 Å². The highest BCUT2D eigenvalue weighted by Crippen LogP contribution is 2.27. The number of benzene rings is 2. The normalized spacial score (nSPS) is 10.2. The van der Waals surface area contributed by atoms with Crippen molar-refractivity contribution in [2.45, 2.75) is 13.8 Å². The summed E-state index contributed by atoms with van der Waals surface area (Å²) in [5.41, 5.74) is 3.42. The Morgan fingerprint density at radius 2 is 1.22 bits per heavy atom. The summed E-state index contributed by atoms with van der Waals surface area (Å²) in [4.78, 5) is 0. The lowest BCUT2D eigenvalue weighted by atomic mass is 9.94. The minimum Gasteiger partial charge on any atom is -0.207 e. The van der Waals surface area contributed by atoms with E-state index in [1.54, 1.807) is 12.1 Å². The zero-order chi connectivity index (χ0) is 13.1. The average Bonchev–Trinajstić information content (AvgIpc) is 2.28. The Hall–Kier alpha value is -1.96. The van der Waals surface area contributed by atoms with Crippen molar-refractivity contribution >= 4 is 5.57 Å². The second kappa shape index (κ2) is 5.13. The number of halogens is 2. The van der Waals surface area contributed by atoms with Crippen LogP contribution in [0.2, 0.25) is 0 Å². The maximum atomic E-state index is 13.3. The van der Waals surface area contributed by atoms with Gasteiger partial charge in [-0.05, 0) is 54.8 Å². The average molecular weight is 244 g/mol. The fourth-order valence-corrected chi connectivity index (χ4v) is 2.03. The molecule has 18 heavy (non-hydrogen) atoms. The van der Waals surface area contributed by atoms with Gasteiger partial charge in [0.15, 0.2) is 0 Å². The second-order valence-corrected chi connectivity index (χ2v) is 4.40. The van der Waals surface area contributed by atoms with Crippen LogP contribution in [0, 0.1) is 11.6 Å². The minimum atomic E-state index is -0.289. The molecule has 0 fully saturated rings. The Bertz CT molecular complexity index is 546. The molecule has 2 rings (SSSR count). The smallest absolute Gasteiger partial charge is 0.123 e. The Balaban J connectivity index is 2.59. The van der Waals surface area contributed by atoms with Crippen LogP contribution in [0.3, 0.4) is 0 Å². The van der Waals surface area contributed by atoms with E-state index in [0.29, 0.717) is 0 Å². The summed E-state index contributed by atoms with van der Waals surface area (Å²) in [5, 5.41) is 0. The third-order valence-electron chi connectivity index (χ3n) is 2.73. The summed E-state index contributed by atoms with van der Waals surface area (Å²) in [6, 6.07) is 12.7. The first-order valence-electron chi connectivity index (χ1n) is 5.77. The van der Waals surface area contributed by atoms with Crippen LogP contribution in [0.1, 0.15) is 25.0 Å². The highest BCUT2D eigenvalue weighted by atomic mass is 19.1. The first kappa shape index (κ1) is 12.5. The molecule has 0 unspecified atom stereocenters. The fourth-order valence-electron chi connectivity index (χ4n) is 2.03. The van der Waals surface area contributed by atoms with Gasteiger partial charge in [-0.15, -0.1) is 0 Å². The van der Waals surface area contributed by atoms with Gasteiger partial charge >= 0.3 is 0 Å². The third-order valence-corrected chi connectivity index (χ3v) is 2.73. The van der Waals surface area contributed by atoms with Gasteiger partial charge in [0.1, 0.15) is 11.6 Å². The van der Waals surface area contributed by atoms with E-state index in [-0.39, 0.29) is 11.6 Å². The minimum absolute atomic E-state index is 0.289. The first-order valence-corrected chi connectivity index (χ1v) is 5.77. The van der Waals surface area contributed by atoms with Crippen molar-refractivity contribution in [2.75, 3.05) is 0 Å². The van der Waals surface area contributed by atoms with E-state index in [0.717, 1.165) is 22.3 Å². The van der Waals surface area contributed by atoms with Crippen molar-refractivity contribution in [2.24, 2.45) is 0 Å². The SMILES string of the molecule is CC(C)=C(c1cccc(F)c1)c1cccc(F)c1. The van der Waals surface area contributed by atoms with Crippen LogP contribution >= 0.6 is 0 Å². The van der Waals surface area contributed by atoms with Gasteiger partial charge in [-0.25, -0.2) is 8.78 Å². The predicted octanol–water partition coefficient (Wildman–Crippen LogP) is 4.81. The van der Waals surface area contributed by atoms with E-state index in [9.17, 15) is 8.78 Å². The number of hydrogen-bond acceptors (Lipinski definition) is 0. The summed E-state index contributed by atoms with van der Waals surface area (Å²) < 4.78 is 26.6. The lowest BCUT2D eigenvalue weighted by molar-refractivity contribution is 0.627. The Labute approximate surface area is 106 Å². The summed E-state index contributed by atoms with van der Waals surface area (Å²) in [5.74, 6) is -0.578. The maximum Gasteiger partial charge on any atom is 0.123 e. The van der Waals surface area contributed by atoms with Crippen molar-refractivity contribution in [3.63, 3.8) is 0 Å². The lowest BCUT2D eigenvalue weighted by Crippen LogP contribution is -1.92.